The van der Waals surface area contributed by atoms with Gasteiger partial charge in [0, 0.05) is 37.4 Å². The highest BCUT2D eigenvalue weighted by molar-refractivity contribution is 5.58. The van der Waals surface area contributed by atoms with Gasteiger partial charge in [-0.2, -0.15) is 5.26 Å². The van der Waals surface area contributed by atoms with Gasteiger partial charge in [0.1, 0.15) is 0 Å². The second-order valence-corrected chi connectivity index (χ2v) is 5.47. The molecule has 5 nitrogen and oxygen atoms in total. The number of nitriles is 1. The number of nitrogens with zero attached hydrogens (tertiary/aromatic N) is 3. The van der Waals surface area contributed by atoms with Crippen LogP contribution >= 0.6 is 0 Å². The number of benzene rings is 1. The van der Waals surface area contributed by atoms with E-state index in [1.165, 1.54) is 0 Å². The first kappa shape index (κ1) is 15.8. The van der Waals surface area contributed by atoms with Gasteiger partial charge in [0.05, 0.1) is 24.3 Å². The van der Waals surface area contributed by atoms with Crippen LogP contribution in [0.4, 0.5) is 5.69 Å². The zero-order valence-electron chi connectivity index (χ0n) is 12.5. The largest absolute Gasteiger partial charge is 0.395 e. The summed E-state index contributed by atoms with van der Waals surface area (Å²) in [4.78, 5) is 4.48. The molecule has 1 heterocycles. The fourth-order valence-electron chi connectivity index (χ4n) is 2.82. The molecule has 0 aromatic heterocycles. The Morgan fingerprint density at radius 2 is 2.10 bits per heavy atom. The smallest absolute Gasteiger partial charge is 0.0992 e. The number of aliphatic hydroxyl groups excluding tert-OH is 2. The average Bonchev–Trinajstić information content (AvgIpc) is 2.72. The fraction of sp³-hybridized carbons (Fsp3) is 0.562. The van der Waals surface area contributed by atoms with Gasteiger partial charge in [-0.3, -0.25) is 4.90 Å². The third-order valence-corrected chi connectivity index (χ3v) is 3.96. The first-order valence-corrected chi connectivity index (χ1v) is 7.46. The number of hydrogen-bond donors (Lipinski definition) is 2. The molecule has 0 saturated carbocycles. The molecule has 0 bridgehead atoms. The molecule has 1 aliphatic heterocycles. The van der Waals surface area contributed by atoms with E-state index < -0.39 is 6.10 Å². The summed E-state index contributed by atoms with van der Waals surface area (Å²) < 4.78 is 0. The Labute approximate surface area is 126 Å². The molecule has 0 amide bonds. The van der Waals surface area contributed by atoms with Crippen molar-refractivity contribution in [3.8, 4) is 6.07 Å². The van der Waals surface area contributed by atoms with Gasteiger partial charge in [-0.1, -0.05) is 6.07 Å². The number of β-amino-alcohol motifs (C(OH)–C–C–N with tert-alkyl or cyclic N) is 1. The van der Waals surface area contributed by atoms with Crippen LogP contribution < -0.4 is 4.90 Å². The zero-order valence-corrected chi connectivity index (χ0v) is 12.5. The molecule has 0 aliphatic carbocycles. The molecule has 2 rings (SSSR count). The lowest BCUT2D eigenvalue weighted by atomic mass is 10.0. The number of anilines is 1. The molecule has 1 unspecified atom stereocenters. The maximum absolute atomic E-state index is 9.95. The molecule has 2 N–H and O–H groups in total. The predicted octanol–water partition coefficient (Wildman–Crippen LogP) is 1.12. The van der Waals surface area contributed by atoms with Crippen LogP contribution in [0.25, 0.3) is 0 Å². The number of rotatable bonds is 4. The SMILES string of the molecule is CC(O)c1ccc(C#N)cc1N1CCCN(CCO)CC1. The summed E-state index contributed by atoms with van der Waals surface area (Å²) in [5, 5.41) is 28.1. The van der Waals surface area contributed by atoms with Crippen molar-refractivity contribution >= 4 is 5.69 Å². The molecular weight excluding hydrogens is 266 g/mol. The van der Waals surface area contributed by atoms with Crippen LogP contribution in [-0.4, -0.2) is 54.4 Å². The third kappa shape index (κ3) is 3.94. The Balaban J connectivity index is 2.22. The standard InChI is InChI=1S/C16H23N3O2/c1-13(21)15-4-3-14(12-17)11-16(15)19-6-2-5-18(7-8-19)9-10-20/h3-4,11,13,20-21H,2,5-10H2,1H3. The summed E-state index contributed by atoms with van der Waals surface area (Å²) in [5.41, 5.74) is 2.44. The summed E-state index contributed by atoms with van der Waals surface area (Å²) in [6.07, 6.45) is 0.459. The van der Waals surface area contributed by atoms with Gasteiger partial charge in [-0.15, -0.1) is 0 Å². The van der Waals surface area contributed by atoms with Crippen molar-refractivity contribution in [2.24, 2.45) is 0 Å². The molecule has 1 atom stereocenters. The van der Waals surface area contributed by atoms with Gasteiger partial charge in [0.25, 0.3) is 0 Å². The minimum absolute atomic E-state index is 0.183. The lowest BCUT2D eigenvalue weighted by Crippen LogP contribution is -2.32. The van der Waals surface area contributed by atoms with Crippen LogP contribution in [0.3, 0.4) is 0 Å². The minimum Gasteiger partial charge on any atom is -0.395 e. The first-order valence-electron chi connectivity index (χ1n) is 7.46. The van der Waals surface area contributed by atoms with Crippen LogP contribution in [0.1, 0.15) is 30.6 Å². The molecule has 5 heteroatoms. The van der Waals surface area contributed by atoms with Crippen molar-refractivity contribution in [1.82, 2.24) is 4.90 Å². The molecule has 0 radical (unpaired) electrons. The van der Waals surface area contributed by atoms with Crippen molar-refractivity contribution in [2.75, 3.05) is 44.2 Å². The predicted molar refractivity (Wildman–Crippen MR) is 82.1 cm³/mol. The fourth-order valence-corrected chi connectivity index (χ4v) is 2.82. The van der Waals surface area contributed by atoms with Gasteiger partial charge in [0.15, 0.2) is 0 Å². The molecular formula is C16H23N3O2. The quantitative estimate of drug-likeness (QED) is 0.869. The van der Waals surface area contributed by atoms with E-state index in [4.69, 9.17) is 10.4 Å². The van der Waals surface area contributed by atoms with Gasteiger partial charge in [-0.05, 0) is 32.0 Å². The summed E-state index contributed by atoms with van der Waals surface area (Å²) in [7, 11) is 0. The maximum Gasteiger partial charge on any atom is 0.0992 e. The van der Waals surface area contributed by atoms with Crippen molar-refractivity contribution in [1.29, 1.82) is 5.26 Å². The van der Waals surface area contributed by atoms with E-state index >= 15 is 0 Å². The number of aliphatic hydroxyl groups is 2. The molecule has 114 valence electrons. The summed E-state index contributed by atoms with van der Waals surface area (Å²) in [6.45, 7) is 6.24. The van der Waals surface area contributed by atoms with E-state index in [0.29, 0.717) is 12.1 Å². The molecule has 1 aromatic carbocycles. The molecule has 1 fully saturated rings. The lowest BCUT2D eigenvalue weighted by Gasteiger charge is -2.27. The van der Waals surface area contributed by atoms with Crippen LogP contribution in [0, 0.1) is 11.3 Å². The first-order chi connectivity index (χ1) is 10.2. The Morgan fingerprint density at radius 3 is 2.76 bits per heavy atom. The van der Waals surface area contributed by atoms with Crippen LogP contribution in [0.5, 0.6) is 0 Å². The summed E-state index contributed by atoms with van der Waals surface area (Å²) in [5.74, 6) is 0. The monoisotopic (exact) mass is 289 g/mol. The Kier molecular flexibility index (Phi) is 5.57. The van der Waals surface area contributed by atoms with Crippen molar-refractivity contribution < 1.29 is 10.2 Å². The summed E-state index contributed by atoms with van der Waals surface area (Å²) in [6, 6.07) is 7.62. The van der Waals surface area contributed by atoms with Crippen LogP contribution in [0.2, 0.25) is 0 Å². The van der Waals surface area contributed by atoms with Gasteiger partial charge >= 0.3 is 0 Å². The highest BCUT2D eigenvalue weighted by atomic mass is 16.3. The topological polar surface area (TPSA) is 70.7 Å². The normalized spacial score (nSPS) is 18.1. The minimum atomic E-state index is -0.551. The second-order valence-electron chi connectivity index (χ2n) is 5.47. The molecule has 1 aromatic rings. The van der Waals surface area contributed by atoms with E-state index in [9.17, 15) is 5.11 Å². The number of hydrogen-bond acceptors (Lipinski definition) is 5. The van der Waals surface area contributed by atoms with E-state index in [-0.39, 0.29) is 6.61 Å². The molecule has 1 saturated heterocycles. The van der Waals surface area contributed by atoms with Gasteiger partial charge in [0.2, 0.25) is 0 Å². The maximum atomic E-state index is 9.95. The molecule has 1 aliphatic rings. The zero-order chi connectivity index (χ0) is 15.2. The Morgan fingerprint density at radius 1 is 1.29 bits per heavy atom. The van der Waals surface area contributed by atoms with E-state index in [2.05, 4.69) is 15.9 Å². The Bertz CT molecular complexity index is 511. The lowest BCUT2D eigenvalue weighted by molar-refractivity contribution is 0.199. The van der Waals surface area contributed by atoms with Gasteiger partial charge in [-0.25, -0.2) is 0 Å². The van der Waals surface area contributed by atoms with E-state index in [1.807, 2.05) is 12.1 Å². The Hall–Kier alpha value is -1.61. The van der Waals surface area contributed by atoms with E-state index in [0.717, 1.165) is 43.9 Å². The van der Waals surface area contributed by atoms with Crippen molar-refractivity contribution in [3.05, 3.63) is 29.3 Å². The van der Waals surface area contributed by atoms with Crippen LogP contribution in [0.15, 0.2) is 18.2 Å². The second kappa shape index (κ2) is 7.41. The average molecular weight is 289 g/mol. The molecule has 21 heavy (non-hydrogen) atoms. The van der Waals surface area contributed by atoms with Crippen molar-refractivity contribution in [2.45, 2.75) is 19.4 Å². The van der Waals surface area contributed by atoms with Crippen molar-refractivity contribution in [3.63, 3.8) is 0 Å². The third-order valence-electron chi connectivity index (χ3n) is 3.96. The van der Waals surface area contributed by atoms with Gasteiger partial charge < -0.3 is 15.1 Å². The highest BCUT2D eigenvalue weighted by Gasteiger charge is 2.19. The van der Waals surface area contributed by atoms with E-state index in [1.54, 1.807) is 13.0 Å². The summed E-state index contributed by atoms with van der Waals surface area (Å²) >= 11 is 0. The highest BCUT2D eigenvalue weighted by Crippen LogP contribution is 2.28. The van der Waals surface area contributed by atoms with Crippen LogP contribution in [-0.2, 0) is 0 Å². The molecule has 0 spiro atoms.